The molecule has 0 saturated heterocycles. The molecule has 0 fully saturated rings. The van der Waals surface area contributed by atoms with E-state index in [1.54, 1.807) is 11.6 Å². The zero-order chi connectivity index (χ0) is 10.1. The number of aromatic nitrogens is 2. The molecule has 72 valence electrons. The van der Waals surface area contributed by atoms with E-state index >= 15 is 0 Å². The quantitative estimate of drug-likeness (QED) is 0.679. The molecule has 3 nitrogen and oxygen atoms in total. The first-order chi connectivity index (χ1) is 6.74. The molecule has 0 aliphatic heterocycles. The van der Waals surface area contributed by atoms with E-state index in [4.69, 9.17) is 0 Å². The minimum atomic E-state index is -0.180. The molecule has 0 aliphatic carbocycles. The van der Waals surface area contributed by atoms with E-state index in [9.17, 15) is 4.79 Å². The molecule has 0 unspecified atom stereocenters. The van der Waals surface area contributed by atoms with E-state index in [-0.39, 0.29) is 5.69 Å². The third-order valence-electron chi connectivity index (χ3n) is 2.43. The minimum Gasteiger partial charge on any atom is -0.295 e. The molecule has 0 atom stereocenters. The van der Waals surface area contributed by atoms with E-state index in [1.807, 2.05) is 31.2 Å². The molecule has 2 aromatic rings. The van der Waals surface area contributed by atoms with Gasteiger partial charge in [-0.05, 0) is 12.5 Å². The van der Waals surface area contributed by atoms with Crippen LogP contribution in [0.4, 0.5) is 0 Å². The summed E-state index contributed by atoms with van der Waals surface area (Å²) in [6.45, 7) is 2.01. The summed E-state index contributed by atoms with van der Waals surface area (Å²) in [4.78, 5) is 15.5. The van der Waals surface area contributed by atoms with E-state index in [1.165, 1.54) is 0 Å². The molecule has 1 aromatic heterocycles. The van der Waals surface area contributed by atoms with Gasteiger partial charge in [0.15, 0.2) is 0 Å². The van der Waals surface area contributed by atoms with Crippen LogP contribution in [0.15, 0.2) is 29.1 Å². The summed E-state index contributed by atoms with van der Waals surface area (Å²) in [5.41, 5.74) is 1.65. The summed E-state index contributed by atoms with van der Waals surface area (Å²) in [5, 5.41) is 1.07. The molecule has 1 heterocycles. The van der Waals surface area contributed by atoms with Gasteiger partial charge < -0.3 is 0 Å². The molecule has 0 amide bonds. The maximum Gasteiger partial charge on any atom is 0.348 e. The Morgan fingerprint density at radius 3 is 2.79 bits per heavy atom. The number of hydrogen-bond acceptors (Lipinski definition) is 2. The van der Waals surface area contributed by atoms with Gasteiger partial charge in [0.25, 0.3) is 0 Å². The number of hydrogen-bond donors (Lipinski definition) is 0. The largest absolute Gasteiger partial charge is 0.348 e. The van der Waals surface area contributed by atoms with Crippen LogP contribution in [0.5, 0.6) is 0 Å². The fraction of sp³-hybridized carbons (Fsp3) is 0.273. The van der Waals surface area contributed by atoms with Gasteiger partial charge in [-0.15, -0.1) is 0 Å². The van der Waals surface area contributed by atoms with Crippen LogP contribution in [0.25, 0.3) is 10.9 Å². The van der Waals surface area contributed by atoms with E-state index in [0.717, 1.165) is 23.0 Å². The summed E-state index contributed by atoms with van der Waals surface area (Å²) >= 11 is 0. The molecule has 0 spiro atoms. The van der Waals surface area contributed by atoms with Crippen molar-refractivity contribution in [1.29, 1.82) is 0 Å². The molecule has 3 heteroatoms. The predicted molar refractivity (Wildman–Crippen MR) is 56.4 cm³/mol. The van der Waals surface area contributed by atoms with Crippen molar-refractivity contribution in [1.82, 2.24) is 9.55 Å². The van der Waals surface area contributed by atoms with Gasteiger partial charge in [-0.25, -0.2) is 4.79 Å². The first-order valence-electron chi connectivity index (χ1n) is 4.68. The Labute approximate surface area is 82.0 Å². The summed E-state index contributed by atoms with van der Waals surface area (Å²) < 4.78 is 1.58. The van der Waals surface area contributed by atoms with Crippen LogP contribution < -0.4 is 5.69 Å². The van der Waals surface area contributed by atoms with Crippen molar-refractivity contribution in [2.45, 2.75) is 13.3 Å². The second-order valence-electron chi connectivity index (χ2n) is 3.27. The van der Waals surface area contributed by atoms with Crippen molar-refractivity contribution < 1.29 is 0 Å². The van der Waals surface area contributed by atoms with Crippen LogP contribution in [0, 0.1) is 0 Å². The highest BCUT2D eigenvalue weighted by molar-refractivity contribution is 5.81. The maximum absolute atomic E-state index is 11.5. The lowest BCUT2D eigenvalue weighted by Crippen LogP contribution is -2.21. The lowest BCUT2D eigenvalue weighted by atomic mass is 10.1. The van der Waals surface area contributed by atoms with Crippen molar-refractivity contribution in [3.8, 4) is 0 Å². The number of nitrogens with zero attached hydrogens (tertiary/aromatic N) is 2. The van der Waals surface area contributed by atoms with Crippen molar-refractivity contribution in [3.63, 3.8) is 0 Å². The smallest absolute Gasteiger partial charge is 0.295 e. The van der Waals surface area contributed by atoms with E-state index in [0.29, 0.717) is 0 Å². The normalized spacial score (nSPS) is 10.7. The Hall–Kier alpha value is -1.64. The SMILES string of the molecule is CCc1nc(=O)n(C)c2ccccc12. The van der Waals surface area contributed by atoms with Crippen LogP contribution in [0.3, 0.4) is 0 Å². The summed E-state index contributed by atoms with van der Waals surface area (Å²) in [6.07, 6.45) is 0.788. The van der Waals surface area contributed by atoms with E-state index in [2.05, 4.69) is 4.98 Å². The Bertz CT molecular complexity index is 528. The predicted octanol–water partition coefficient (Wildman–Crippen LogP) is 1.50. The topological polar surface area (TPSA) is 34.9 Å². The first kappa shape index (κ1) is 8.94. The number of benzene rings is 1. The number of fused-ring (bicyclic) bond motifs is 1. The fourth-order valence-corrected chi connectivity index (χ4v) is 1.63. The van der Waals surface area contributed by atoms with Gasteiger partial charge in [0.2, 0.25) is 0 Å². The van der Waals surface area contributed by atoms with Crippen molar-refractivity contribution in [3.05, 3.63) is 40.4 Å². The number of aryl methyl sites for hydroxylation is 2. The average molecular weight is 188 g/mol. The van der Waals surface area contributed by atoms with Gasteiger partial charge in [0.05, 0.1) is 11.2 Å². The fourth-order valence-electron chi connectivity index (χ4n) is 1.63. The third kappa shape index (κ3) is 1.21. The summed E-state index contributed by atoms with van der Waals surface area (Å²) in [6, 6.07) is 7.84. The lowest BCUT2D eigenvalue weighted by molar-refractivity contribution is 0.829. The zero-order valence-corrected chi connectivity index (χ0v) is 8.32. The van der Waals surface area contributed by atoms with Crippen LogP contribution in [0.1, 0.15) is 12.6 Å². The van der Waals surface area contributed by atoms with Crippen molar-refractivity contribution in [2.24, 2.45) is 7.05 Å². The standard InChI is InChI=1S/C11H12N2O/c1-3-9-8-6-4-5-7-10(8)13(2)11(14)12-9/h4-7H,3H2,1-2H3. The van der Waals surface area contributed by atoms with Crippen LogP contribution in [0.2, 0.25) is 0 Å². The van der Waals surface area contributed by atoms with E-state index < -0.39 is 0 Å². The van der Waals surface area contributed by atoms with Gasteiger partial charge in [-0.1, -0.05) is 25.1 Å². The third-order valence-corrected chi connectivity index (χ3v) is 2.43. The van der Waals surface area contributed by atoms with Crippen LogP contribution in [-0.2, 0) is 13.5 Å². The van der Waals surface area contributed by atoms with Gasteiger partial charge in [-0.3, -0.25) is 4.57 Å². The summed E-state index contributed by atoms with van der Waals surface area (Å²) in [5.74, 6) is 0. The lowest BCUT2D eigenvalue weighted by Gasteiger charge is -2.06. The highest BCUT2D eigenvalue weighted by Crippen LogP contribution is 2.14. The molecule has 2 rings (SSSR count). The molecule has 0 saturated carbocycles. The monoisotopic (exact) mass is 188 g/mol. The maximum atomic E-state index is 11.5. The second-order valence-corrected chi connectivity index (χ2v) is 3.27. The van der Waals surface area contributed by atoms with Gasteiger partial charge in [0.1, 0.15) is 0 Å². The van der Waals surface area contributed by atoms with Gasteiger partial charge >= 0.3 is 5.69 Å². The molecule has 1 aromatic carbocycles. The molecule has 0 radical (unpaired) electrons. The molecule has 0 bridgehead atoms. The molecule has 14 heavy (non-hydrogen) atoms. The van der Waals surface area contributed by atoms with Crippen LogP contribution >= 0.6 is 0 Å². The van der Waals surface area contributed by atoms with Gasteiger partial charge in [0, 0.05) is 12.4 Å². The zero-order valence-electron chi connectivity index (χ0n) is 8.32. The van der Waals surface area contributed by atoms with Crippen molar-refractivity contribution >= 4 is 10.9 Å². The van der Waals surface area contributed by atoms with Crippen molar-refractivity contribution in [2.75, 3.05) is 0 Å². The Morgan fingerprint density at radius 2 is 2.07 bits per heavy atom. The molecule has 0 N–H and O–H groups in total. The average Bonchev–Trinajstić information content (AvgIpc) is 2.23. The highest BCUT2D eigenvalue weighted by atomic mass is 16.1. The number of para-hydroxylation sites is 1. The highest BCUT2D eigenvalue weighted by Gasteiger charge is 2.04. The molecular formula is C11H12N2O. The number of rotatable bonds is 1. The molecule has 0 aliphatic rings. The first-order valence-corrected chi connectivity index (χ1v) is 4.68. The molecular weight excluding hydrogens is 176 g/mol. The Morgan fingerprint density at radius 1 is 1.36 bits per heavy atom. The Balaban J connectivity index is 2.97. The van der Waals surface area contributed by atoms with Crippen LogP contribution in [-0.4, -0.2) is 9.55 Å². The summed E-state index contributed by atoms with van der Waals surface area (Å²) in [7, 11) is 1.75. The van der Waals surface area contributed by atoms with Gasteiger partial charge in [-0.2, -0.15) is 4.98 Å². The second kappa shape index (κ2) is 3.25. The Kier molecular flexibility index (Phi) is 2.08. The minimum absolute atomic E-state index is 0.180.